The molecule has 1 aliphatic rings. The van der Waals surface area contributed by atoms with Gasteiger partial charge >= 0.3 is 0 Å². The van der Waals surface area contributed by atoms with Gasteiger partial charge in [0.15, 0.2) is 0 Å². The standard InChI is InChI=1S/C18H29NOS/c1-5-11-19-17(18(2,3)4)13-21(20)16-10-9-14-7-6-8-15(14)12-16/h9-10,12,17,19H,5-8,11,13H2,1-4H3. The Hall–Kier alpha value is -0.670. The fourth-order valence-corrected chi connectivity index (χ4v) is 4.48. The summed E-state index contributed by atoms with van der Waals surface area (Å²) < 4.78 is 12.7. The average molecular weight is 308 g/mol. The van der Waals surface area contributed by atoms with Crippen LogP contribution in [0, 0.1) is 5.41 Å². The molecule has 0 aliphatic heterocycles. The Bertz CT molecular complexity index is 504. The fraction of sp³-hybridized carbons (Fsp3) is 0.667. The lowest BCUT2D eigenvalue weighted by Gasteiger charge is -2.31. The third-order valence-electron chi connectivity index (χ3n) is 4.34. The molecule has 0 bridgehead atoms. The molecule has 0 fully saturated rings. The summed E-state index contributed by atoms with van der Waals surface area (Å²) in [5.41, 5.74) is 2.99. The Kier molecular flexibility index (Phi) is 5.61. The van der Waals surface area contributed by atoms with Crippen LogP contribution in [0.25, 0.3) is 0 Å². The Balaban J connectivity index is 2.08. The Morgan fingerprint density at radius 1 is 1.24 bits per heavy atom. The van der Waals surface area contributed by atoms with Gasteiger partial charge in [0.1, 0.15) is 0 Å². The molecule has 1 aromatic rings. The average Bonchev–Trinajstić information content (AvgIpc) is 2.89. The van der Waals surface area contributed by atoms with Gasteiger partial charge < -0.3 is 5.32 Å². The molecule has 0 heterocycles. The highest BCUT2D eigenvalue weighted by molar-refractivity contribution is 7.85. The number of aryl methyl sites for hydroxylation is 2. The molecular formula is C18H29NOS. The van der Waals surface area contributed by atoms with Crippen molar-refractivity contribution in [3.8, 4) is 0 Å². The largest absolute Gasteiger partial charge is 0.313 e. The summed E-state index contributed by atoms with van der Waals surface area (Å²) in [6, 6.07) is 6.71. The molecule has 0 saturated carbocycles. The van der Waals surface area contributed by atoms with Gasteiger partial charge in [0.05, 0.1) is 10.8 Å². The van der Waals surface area contributed by atoms with E-state index in [4.69, 9.17) is 0 Å². The van der Waals surface area contributed by atoms with E-state index in [1.807, 2.05) is 0 Å². The summed E-state index contributed by atoms with van der Waals surface area (Å²) in [4.78, 5) is 1.00. The van der Waals surface area contributed by atoms with E-state index in [2.05, 4.69) is 51.2 Å². The molecule has 21 heavy (non-hydrogen) atoms. The second-order valence-electron chi connectivity index (χ2n) is 7.17. The molecule has 2 rings (SSSR count). The fourth-order valence-electron chi connectivity index (χ4n) is 2.87. The van der Waals surface area contributed by atoms with Crippen LogP contribution in [0.3, 0.4) is 0 Å². The summed E-state index contributed by atoms with van der Waals surface area (Å²) >= 11 is 0. The van der Waals surface area contributed by atoms with Crippen molar-refractivity contribution in [1.29, 1.82) is 0 Å². The molecule has 0 amide bonds. The molecule has 2 nitrogen and oxygen atoms in total. The molecule has 118 valence electrons. The molecule has 0 radical (unpaired) electrons. The number of hydrogen-bond acceptors (Lipinski definition) is 2. The van der Waals surface area contributed by atoms with E-state index >= 15 is 0 Å². The van der Waals surface area contributed by atoms with Gasteiger partial charge in [-0.2, -0.15) is 0 Å². The van der Waals surface area contributed by atoms with Crippen LogP contribution in [0.2, 0.25) is 0 Å². The smallest absolute Gasteiger partial charge is 0.0545 e. The van der Waals surface area contributed by atoms with E-state index in [1.165, 1.54) is 24.0 Å². The highest BCUT2D eigenvalue weighted by Gasteiger charge is 2.26. The quantitative estimate of drug-likeness (QED) is 0.868. The first-order valence-corrected chi connectivity index (χ1v) is 9.47. The van der Waals surface area contributed by atoms with Crippen LogP contribution in [0.15, 0.2) is 23.1 Å². The molecule has 2 atom stereocenters. The van der Waals surface area contributed by atoms with E-state index in [-0.39, 0.29) is 11.5 Å². The van der Waals surface area contributed by atoms with Gasteiger partial charge in [-0.15, -0.1) is 0 Å². The van der Waals surface area contributed by atoms with Gasteiger partial charge in [-0.25, -0.2) is 0 Å². The van der Waals surface area contributed by atoms with Gasteiger partial charge in [-0.1, -0.05) is 33.8 Å². The van der Waals surface area contributed by atoms with Gasteiger partial charge in [-0.3, -0.25) is 4.21 Å². The summed E-state index contributed by atoms with van der Waals surface area (Å²) in [7, 11) is -0.918. The van der Waals surface area contributed by atoms with Crippen molar-refractivity contribution in [3.63, 3.8) is 0 Å². The summed E-state index contributed by atoms with van der Waals surface area (Å²) in [5, 5.41) is 3.57. The zero-order valence-electron chi connectivity index (χ0n) is 13.9. The van der Waals surface area contributed by atoms with Gasteiger partial charge in [0, 0.05) is 16.7 Å². The van der Waals surface area contributed by atoms with Crippen molar-refractivity contribution in [3.05, 3.63) is 29.3 Å². The highest BCUT2D eigenvalue weighted by Crippen LogP contribution is 2.26. The lowest BCUT2D eigenvalue weighted by atomic mass is 9.88. The van der Waals surface area contributed by atoms with Crippen molar-refractivity contribution in [2.24, 2.45) is 5.41 Å². The number of hydrogen-bond donors (Lipinski definition) is 1. The number of rotatable bonds is 6. The second kappa shape index (κ2) is 7.06. The zero-order chi connectivity index (χ0) is 15.5. The summed E-state index contributed by atoms with van der Waals surface area (Å²) in [6.45, 7) is 9.83. The predicted molar refractivity (Wildman–Crippen MR) is 91.3 cm³/mol. The van der Waals surface area contributed by atoms with Crippen LogP contribution >= 0.6 is 0 Å². The van der Waals surface area contributed by atoms with Crippen LogP contribution in [-0.4, -0.2) is 22.5 Å². The maximum atomic E-state index is 12.7. The van der Waals surface area contributed by atoms with E-state index in [0.29, 0.717) is 5.75 Å². The van der Waals surface area contributed by atoms with Gasteiger partial charge in [-0.05, 0) is 60.9 Å². The second-order valence-corrected chi connectivity index (χ2v) is 8.66. The van der Waals surface area contributed by atoms with Crippen molar-refractivity contribution in [2.45, 2.75) is 64.3 Å². The number of fused-ring (bicyclic) bond motifs is 1. The van der Waals surface area contributed by atoms with Gasteiger partial charge in [0.2, 0.25) is 0 Å². The molecule has 0 aromatic heterocycles. The van der Waals surface area contributed by atoms with Crippen molar-refractivity contribution in [1.82, 2.24) is 5.32 Å². The lowest BCUT2D eigenvalue weighted by molar-refractivity contribution is 0.290. The lowest BCUT2D eigenvalue weighted by Crippen LogP contribution is -2.44. The maximum absolute atomic E-state index is 12.7. The van der Waals surface area contributed by atoms with Crippen molar-refractivity contribution < 1.29 is 4.21 Å². The molecule has 1 N–H and O–H groups in total. The van der Waals surface area contributed by atoms with Crippen LogP contribution in [0.4, 0.5) is 0 Å². The van der Waals surface area contributed by atoms with E-state index in [9.17, 15) is 4.21 Å². The first-order valence-electron chi connectivity index (χ1n) is 8.15. The molecule has 3 heteroatoms. The Labute approximate surface area is 132 Å². The normalized spacial score (nSPS) is 17.5. The van der Waals surface area contributed by atoms with E-state index in [1.54, 1.807) is 0 Å². The summed E-state index contributed by atoms with van der Waals surface area (Å²) in [6.07, 6.45) is 4.69. The van der Waals surface area contributed by atoms with Crippen LogP contribution in [-0.2, 0) is 23.6 Å². The third kappa shape index (κ3) is 4.40. The van der Waals surface area contributed by atoms with Crippen molar-refractivity contribution >= 4 is 10.8 Å². The van der Waals surface area contributed by atoms with Gasteiger partial charge in [0.25, 0.3) is 0 Å². The van der Waals surface area contributed by atoms with Crippen molar-refractivity contribution in [2.75, 3.05) is 12.3 Å². The molecular weight excluding hydrogens is 278 g/mol. The van der Waals surface area contributed by atoms with Crippen LogP contribution in [0.1, 0.15) is 51.7 Å². The minimum Gasteiger partial charge on any atom is -0.313 e. The molecule has 0 spiro atoms. The van der Waals surface area contributed by atoms with E-state index < -0.39 is 10.8 Å². The number of nitrogens with one attached hydrogen (secondary N) is 1. The maximum Gasteiger partial charge on any atom is 0.0545 e. The SMILES string of the molecule is CCCNC(CS(=O)c1ccc2c(c1)CCC2)C(C)(C)C. The first-order chi connectivity index (χ1) is 9.91. The third-order valence-corrected chi connectivity index (χ3v) is 5.75. The topological polar surface area (TPSA) is 29.1 Å². The minimum atomic E-state index is -0.918. The predicted octanol–water partition coefficient (Wildman–Crippen LogP) is 3.70. The molecule has 2 unspecified atom stereocenters. The Morgan fingerprint density at radius 3 is 2.62 bits per heavy atom. The van der Waals surface area contributed by atoms with Crippen LogP contribution < -0.4 is 5.32 Å². The van der Waals surface area contributed by atoms with Crippen LogP contribution in [0.5, 0.6) is 0 Å². The molecule has 1 aromatic carbocycles. The monoisotopic (exact) mass is 307 g/mol. The summed E-state index contributed by atoms with van der Waals surface area (Å²) in [5.74, 6) is 0.697. The molecule has 1 aliphatic carbocycles. The molecule has 0 saturated heterocycles. The first kappa shape index (κ1) is 16.7. The minimum absolute atomic E-state index is 0.127. The Morgan fingerprint density at radius 2 is 1.95 bits per heavy atom. The van der Waals surface area contributed by atoms with E-state index in [0.717, 1.165) is 24.3 Å². The number of benzene rings is 1. The highest BCUT2D eigenvalue weighted by atomic mass is 32.2. The zero-order valence-corrected chi connectivity index (χ0v) is 14.7.